The zero-order valence-electron chi connectivity index (χ0n) is 18.6. The van der Waals surface area contributed by atoms with Crippen molar-refractivity contribution < 1.29 is 19.0 Å². The van der Waals surface area contributed by atoms with E-state index in [1.165, 1.54) is 22.8 Å². The van der Waals surface area contributed by atoms with Gasteiger partial charge < -0.3 is 14.2 Å². The molecule has 0 amide bonds. The molecular weight excluding hydrogens is 364 g/mol. The van der Waals surface area contributed by atoms with Gasteiger partial charge in [-0.15, -0.1) is 0 Å². The first-order valence-corrected chi connectivity index (χ1v) is 9.96. The highest BCUT2D eigenvalue weighted by Crippen LogP contribution is 2.28. The van der Waals surface area contributed by atoms with Gasteiger partial charge in [0.05, 0.1) is 13.7 Å². The minimum Gasteiger partial charge on any atom is -0.493 e. The third-order valence-electron chi connectivity index (χ3n) is 4.16. The predicted molar refractivity (Wildman–Crippen MR) is 120 cm³/mol. The molecule has 0 radical (unpaired) electrons. The molecule has 4 heteroatoms. The first-order valence-electron chi connectivity index (χ1n) is 9.96. The van der Waals surface area contributed by atoms with Crippen LogP contribution in [-0.4, -0.2) is 26.3 Å². The van der Waals surface area contributed by atoms with Gasteiger partial charge in [-0.25, -0.2) is 4.79 Å². The second-order valence-corrected chi connectivity index (χ2v) is 7.10. The molecule has 0 spiro atoms. The molecular formula is C25H34O4. The first-order chi connectivity index (χ1) is 13.8. The first kappa shape index (κ1) is 24.3. The number of ether oxygens (including phenoxy) is 3. The fraction of sp³-hybridized carbons (Fsp3) is 0.400. The molecule has 1 aromatic carbocycles. The Morgan fingerprint density at radius 3 is 2.31 bits per heavy atom. The van der Waals surface area contributed by atoms with Crippen LogP contribution in [0.2, 0.25) is 0 Å². The molecule has 0 N–H and O–H groups in total. The van der Waals surface area contributed by atoms with Gasteiger partial charge in [0.1, 0.15) is 6.61 Å². The number of methoxy groups -OCH3 is 1. The van der Waals surface area contributed by atoms with Crippen molar-refractivity contribution in [3.8, 4) is 11.5 Å². The van der Waals surface area contributed by atoms with E-state index in [2.05, 4.69) is 32.9 Å². The van der Waals surface area contributed by atoms with Gasteiger partial charge >= 0.3 is 5.97 Å². The van der Waals surface area contributed by atoms with E-state index in [4.69, 9.17) is 14.2 Å². The zero-order valence-corrected chi connectivity index (χ0v) is 18.6. The summed E-state index contributed by atoms with van der Waals surface area (Å²) in [7, 11) is 1.59. The van der Waals surface area contributed by atoms with E-state index in [-0.39, 0.29) is 12.6 Å². The fourth-order valence-electron chi connectivity index (χ4n) is 2.41. The van der Waals surface area contributed by atoms with E-state index < -0.39 is 0 Å². The predicted octanol–water partition coefficient (Wildman–Crippen LogP) is 6.29. The quantitative estimate of drug-likeness (QED) is 0.250. The maximum absolute atomic E-state index is 11.9. The molecule has 0 fully saturated rings. The number of benzene rings is 1. The van der Waals surface area contributed by atoms with Crippen LogP contribution < -0.4 is 9.47 Å². The number of hydrogen-bond acceptors (Lipinski definition) is 4. The van der Waals surface area contributed by atoms with Crippen molar-refractivity contribution in [1.29, 1.82) is 0 Å². The van der Waals surface area contributed by atoms with E-state index in [0.29, 0.717) is 18.1 Å². The highest BCUT2D eigenvalue weighted by Gasteiger charge is 2.04. The van der Waals surface area contributed by atoms with E-state index in [0.717, 1.165) is 18.4 Å². The van der Waals surface area contributed by atoms with Crippen LogP contribution in [0.15, 0.2) is 59.2 Å². The Morgan fingerprint density at radius 2 is 1.66 bits per heavy atom. The van der Waals surface area contributed by atoms with Crippen molar-refractivity contribution in [1.82, 2.24) is 0 Å². The van der Waals surface area contributed by atoms with Crippen LogP contribution in [0.4, 0.5) is 0 Å². The summed E-state index contributed by atoms with van der Waals surface area (Å²) in [6, 6.07) is 5.51. The molecule has 0 saturated heterocycles. The van der Waals surface area contributed by atoms with Crippen LogP contribution in [-0.2, 0) is 9.53 Å². The summed E-state index contributed by atoms with van der Waals surface area (Å²) in [5, 5.41) is 0. The molecule has 29 heavy (non-hydrogen) atoms. The monoisotopic (exact) mass is 398 g/mol. The van der Waals surface area contributed by atoms with Crippen molar-refractivity contribution >= 4 is 12.0 Å². The molecule has 0 atom stereocenters. The minimum absolute atomic E-state index is 0.266. The van der Waals surface area contributed by atoms with Crippen LogP contribution in [0.25, 0.3) is 6.08 Å². The third-order valence-corrected chi connectivity index (χ3v) is 4.16. The summed E-state index contributed by atoms with van der Waals surface area (Å²) < 4.78 is 16.1. The van der Waals surface area contributed by atoms with Gasteiger partial charge in [0.15, 0.2) is 11.5 Å². The Kier molecular flexibility index (Phi) is 11.2. The lowest BCUT2D eigenvalue weighted by atomic mass is 10.1. The number of rotatable bonds is 11. The molecule has 0 heterocycles. The smallest absolute Gasteiger partial charge is 0.331 e. The lowest BCUT2D eigenvalue weighted by Crippen LogP contribution is -2.00. The summed E-state index contributed by atoms with van der Waals surface area (Å²) in [5.41, 5.74) is 4.68. The summed E-state index contributed by atoms with van der Waals surface area (Å²) in [6.45, 7) is 11.1. The van der Waals surface area contributed by atoms with Gasteiger partial charge in [-0.3, -0.25) is 0 Å². The summed E-state index contributed by atoms with van der Waals surface area (Å²) in [6.07, 6.45) is 11.3. The van der Waals surface area contributed by atoms with Crippen molar-refractivity contribution in [3.05, 3.63) is 64.8 Å². The summed E-state index contributed by atoms with van der Waals surface area (Å²) in [4.78, 5) is 11.9. The van der Waals surface area contributed by atoms with Gasteiger partial charge in [-0.1, -0.05) is 34.9 Å². The second kappa shape index (κ2) is 13.4. The van der Waals surface area contributed by atoms with Crippen molar-refractivity contribution in [2.45, 2.75) is 47.5 Å². The van der Waals surface area contributed by atoms with Gasteiger partial charge in [-0.2, -0.15) is 0 Å². The van der Waals surface area contributed by atoms with E-state index in [1.807, 2.05) is 38.1 Å². The Labute approximate surface area is 175 Å². The molecule has 1 aromatic rings. The molecule has 0 unspecified atom stereocenters. The standard InChI is InChI=1S/C25H34O4/c1-7-28-23-14-12-22(18-24(23)27-6)13-15-25(26)29-17-16-21(5)11-10-20(4)9-8-19(2)3/h8,10,12-16,18H,7,9,11,17H2,1-6H3. The topological polar surface area (TPSA) is 44.8 Å². The van der Waals surface area contributed by atoms with E-state index >= 15 is 0 Å². The lowest BCUT2D eigenvalue weighted by molar-refractivity contribution is -0.136. The molecule has 4 nitrogen and oxygen atoms in total. The van der Waals surface area contributed by atoms with Crippen LogP contribution in [0, 0.1) is 0 Å². The average Bonchev–Trinajstić information content (AvgIpc) is 2.70. The Morgan fingerprint density at radius 1 is 0.966 bits per heavy atom. The van der Waals surface area contributed by atoms with Crippen LogP contribution in [0.1, 0.15) is 53.0 Å². The summed E-state index contributed by atoms with van der Waals surface area (Å²) >= 11 is 0. The van der Waals surface area contributed by atoms with Gasteiger partial charge in [0.25, 0.3) is 0 Å². The molecule has 0 aliphatic heterocycles. The molecule has 0 aliphatic rings. The Bertz CT molecular complexity index is 778. The average molecular weight is 399 g/mol. The number of allylic oxidation sites excluding steroid dienone is 5. The molecule has 0 aromatic heterocycles. The Hall–Kier alpha value is -2.75. The van der Waals surface area contributed by atoms with Crippen LogP contribution in [0.5, 0.6) is 11.5 Å². The van der Waals surface area contributed by atoms with Crippen molar-refractivity contribution in [2.24, 2.45) is 0 Å². The molecule has 158 valence electrons. The number of carbonyl (C=O) groups is 1. The number of hydrogen-bond donors (Lipinski definition) is 0. The molecule has 0 saturated carbocycles. The Balaban J connectivity index is 2.51. The van der Waals surface area contributed by atoms with Gasteiger partial charge in [0, 0.05) is 6.08 Å². The lowest BCUT2D eigenvalue weighted by Gasteiger charge is -2.09. The molecule has 1 rings (SSSR count). The molecule has 0 aliphatic carbocycles. The second-order valence-electron chi connectivity index (χ2n) is 7.10. The normalized spacial score (nSPS) is 12.1. The minimum atomic E-state index is -0.378. The van der Waals surface area contributed by atoms with Crippen molar-refractivity contribution in [3.63, 3.8) is 0 Å². The maximum Gasteiger partial charge on any atom is 0.331 e. The highest BCUT2D eigenvalue weighted by molar-refractivity contribution is 5.87. The van der Waals surface area contributed by atoms with Gasteiger partial charge in [0.2, 0.25) is 0 Å². The third kappa shape index (κ3) is 10.4. The largest absolute Gasteiger partial charge is 0.493 e. The summed E-state index contributed by atoms with van der Waals surface area (Å²) in [5.74, 6) is 0.937. The number of carbonyl (C=O) groups excluding carboxylic acids is 1. The van der Waals surface area contributed by atoms with Crippen LogP contribution in [0.3, 0.4) is 0 Å². The van der Waals surface area contributed by atoms with Gasteiger partial charge in [-0.05, 0) is 77.3 Å². The fourth-order valence-corrected chi connectivity index (χ4v) is 2.41. The maximum atomic E-state index is 11.9. The molecule has 0 bridgehead atoms. The van der Waals surface area contributed by atoms with E-state index in [9.17, 15) is 4.79 Å². The highest BCUT2D eigenvalue weighted by atomic mass is 16.5. The van der Waals surface area contributed by atoms with Crippen LogP contribution >= 0.6 is 0 Å². The SMILES string of the molecule is CCOc1ccc(C=CC(=O)OCC=C(C)CC=C(C)CC=C(C)C)cc1OC. The number of esters is 1. The van der Waals surface area contributed by atoms with Crippen molar-refractivity contribution in [2.75, 3.05) is 20.3 Å². The zero-order chi connectivity index (χ0) is 21.6. The van der Waals surface area contributed by atoms with E-state index in [1.54, 1.807) is 13.2 Å².